The summed E-state index contributed by atoms with van der Waals surface area (Å²) in [6.45, 7) is 2.86. The fourth-order valence-corrected chi connectivity index (χ4v) is 4.10. The lowest BCUT2D eigenvalue weighted by atomic mass is 9.98. The summed E-state index contributed by atoms with van der Waals surface area (Å²) in [6.07, 6.45) is 0.646. The smallest absolute Gasteiger partial charge is 0.410 e. The SMILES string of the molecule is C[C@@H]1C[C@H](O)CCN1C(=O)OCC1c2ccccc2-c2ccccc21. The second kappa shape index (κ2) is 6.52. The van der Waals surface area contributed by atoms with Crippen LogP contribution in [0.4, 0.5) is 4.79 Å². The van der Waals surface area contributed by atoms with Gasteiger partial charge in [-0.15, -0.1) is 0 Å². The molecule has 1 aliphatic heterocycles. The van der Waals surface area contributed by atoms with Gasteiger partial charge < -0.3 is 14.7 Å². The number of fused-ring (bicyclic) bond motifs is 3. The lowest BCUT2D eigenvalue weighted by Crippen LogP contribution is -2.46. The standard InChI is InChI=1S/C21H23NO3/c1-14-12-15(23)10-11-22(14)21(24)25-13-20-18-8-4-2-6-16(18)17-7-3-5-9-19(17)20/h2-9,14-15,20,23H,10-13H2,1H3/t14-,15-/m1/s1. The van der Waals surface area contributed by atoms with E-state index in [1.165, 1.54) is 22.3 Å². The van der Waals surface area contributed by atoms with Gasteiger partial charge in [0.1, 0.15) is 6.61 Å². The number of hydrogen-bond donors (Lipinski definition) is 1. The van der Waals surface area contributed by atoms with Crippen molar-refractivity contribution in [2.24, 2.45) is 0 Å². The van der Waals surface area contributed by atoms with Gasteiger partial charge in [-0.25, -0.2) is 4.79 Å². The van der Waals surface area contributed by atoms with Crippen LogP contribution >= 0.6 is 0 Å². The Morgan fingerprint density at radius 3 is 2.32 bits per heavy atom. The van der Waals surface area contributed by atoms with E-state index in [0.29, 0.717) is 26.0 Å². The molecule has 0 spiro atoms. The Hall–Kier alpha value is -2.33. The summed E-state index contributed by atoms with van der Waals surface area (Å²) in [6, 6.07) is 16.7. The quantitative estimate of drug-likeness (QED) is 0.907. The molecule has 130 valence electrons. The molecular weight excluding hydrogens is 314 g/mol. The number of carbonyl (C=O) groups is 1. The highest BCUT2D eigenvalue weighted by molar-refractivity contribution is 5.79. The maximum absolute atomic E-state index is 12.5. The van der Waals surface area contributed by atoms with Gasteiger partial charge in [-0.3, -0.25) is 0 Å². The van der Waals surface area contributed by atoms with Crippen LogP contribution in [0.2, 0.25) is 0 Å². The molecule has 2 atom stereocenters. The van der Waals surface area contributed by atoms with Gasteiger partial charge in [-0.1, -0.05) is 48.5 Å². The van der Waals surface area contributed by atoms with E-state index >= 15 is 0 Å². The summed E-state index contributed by atoms with van der Waals surface area (Å²) >= 11 is 0. The van der Waals surface area contributed by atoms with Crippen LogP contribution in [0.25, 0.3) is 11.1 Å². The summed E-state index contributed by atoms with van der Waals surface area (Å²) < 4.78 is 5.69. The van der Waals surface area contributed by atoms with Crippen molar-refractivity contribution in [3.05, 3.63) is 59.7 Å². The minimum absolute atomic E-state index is 0.0133. The van der Waals surface area contributed by atoms with E-state index in [9.17, 15) is 9.90 Å². The molecule has 0 unspecified atom stereocenters. The zero-order valence-electron chi connectivity index (χ0n) is 14.4. The Kier molecular flexibility index (Phi) is 4.22. The van der Waals surface area contributed by atoms with Crippen molar-refractivity contribution < 1.29 is 14.6 Å². The number of ether oxygens (including phenoxy) is 1. The number of amides is 1. The van der Waals surface area contributed by atoms with E-state index in [-0.39, 0.29) is 24.2 Å². The van der Waals surface area contributed by atoms with Crippen molar-refractivity contribution in [2.45, 2.75) is 37.8 Å². The fraction of sp³-hybridized carbons (Fsp3) is 0.381. The predicted octanol–water partition coefficient (Wildman–Crippen LogP) is 3.78. The number of hydrogen-bond acceptors (Lipinski definition) is 3. The molecule has 0 aromatic heterocycles. The normalized spacial score (nSPS) is 22.4. The first kappa shape index (κ1) is 16.2. The molecule has 4 heteroatoms. The van der Waals surface area contributed by atoms with Crippen molar-refractivity contribution >= 4 is 6.09 Å². The molecule has 1 amide bonds. The zero-order chi connectivity index (χ0) is 17.4. The molecule has 2 aromatic rings. The first-order valence-electron chi connectivity index (χ1n) is 8.95. The van der Waals surface area contributed by atoms with Crippen molar-refractivity contribution in [1.29, 1.82) is 0 Å². The summed E-state index contributed by atoms with van der Waals surface area (Å²) in [7, 11) is 0. The van der Waals surface area contributed by atoms with E-state index in [4.69, 9.17) is 4.74 Å². The number of benzene rings is 2. The molecule has 0 saturated carbocycles. The van der Waals surface area contributed by atoms with Crippen LogP contribution < -0.4 is 0 Å². The molecule has 1 N–H and O–H groups in total. The highest BCUT2D eigenvalue weighted by Gasteiger charge is 2.32. The van der Waals surface area contributed by atoms with Crippen LogP contribution in [0.5, 0.6) is 0 Å². The third-order valence-electron chi connectivity index (χ3n) is 5.42. The van der Waals surface area contributed by atoms with Gasteiger partial charge in [-0.05, 0) is 42.0 Å². The Labute approximate surface area is 148 Å². The lowest BCUT2D eigenvalue weighted by molar-refractivity contribution is 0.0335. The molecule has 0 radical (unpaired) electrons. The predicted molar refractivity (Wildman–Crippen MR) is 96.5 cm³/mol. The second-order valence-corrected chi connectivity index (χ2v) is 7.02. The maximum Gasteiger partial charge on any atom is 0.410 e. The molecule has 1 fully saturated rings. The highest BCUT2D eigenvalue weighted by atomic mass is 16.6. The highest BCUT2D eigenvalue weighted by Crippen LogP contribution is 2.44. The molecular formula is C21H23NO3. The average Bonchev–Trinajstić information content (AvgIpc) is 2.94. The number of carbonyl (C=O) groups excluding carboxylic acids is 1. The van der Waals surface area contributed by atoms with Crippen LogP contribution in [-0.2, 0) is 4.74 Å². The molecule has 25 heavy (non-hydrogen) atoms. The first-order chi connectivity index (χ1) is 12.1. The van der Waals surface area contributed by atoms with Crippen LogP contribution in [0.3, 0.4) is 0 Å². The number of rotatable bonds is 2. The van der Waals surface area contributed by atoms with Crippen LogP contribution in [-0.4, -0.2) is 41.4 Å². The van der Waals surface area contributed by atoms with Crippen molar-refractivity contribution in [3.8, 4) is 11.1 Å². The maximum atomic E-state index is 12.5. The number of piperidine rings is 1. The van der Waals surface area contributed by atoms with Gasteiger partial charge in [0.15, 0.2) is 0 Å². The summed E-state index contributed by atoms with van der Waals surface area (Å²) in [5.41, 5.74) is 4.90. The summed E-state index contributed by atoms with van der Waals surface area (Å²) in [5.74, 6) is 0.0852. The van der Waals surface area contributed by atoms with E-state index in [1.807, 2.05) is 31.2 Å². The molecule has 1 heterocycles. The topological polar surface area (TPSA) is 49.8 Å². The Morgan fingerprint density at radius 1 is 1.12 bits per heavy atom. The number of aliphatic hydroxyl groups excluding tert-OH is 1. The summed E-state index contributed by atoms with van der Waals surface area (Å²) in [5, 5.41) is 9.72. The third-order valence-corrected chi connectivity index (χ3v) is 5.42. The molecule has 0 bridgehead atoms. The fourth-order valence-electron chi connectivity index (χ4n) is 4.10. The van der Waals surface area contributed by atoms with E-state index in [1.54, 1.807) is 4.90 Å². The molecule has 4 rings (SSSR count). The van der Waals surface area contributed by atoms with Gasteiger partial charge >= 0.3 is 6.09 Å². The Balaban J connectivity index is 1.51. The average molecular weight is 337 g/mol. The van der Waals surface area contributed by atoms with Gasteiger partial charge in [-0.2, -0.15) is 0 Å². The lowest BCUT2D eigenvalue weighted by Gasteiger charge is -2.35. The van der Waals surface area contributed by atoms with Gasteiger partial charge in [0.2, 0.25) is 0 Å². The number of nitrogens with zero attached hydrogens (tertiary/aromatic N) is 1. The van der Waals surface area contributed by atoms with E-state index in [0.717, 1.165) is 0 Å². The monoisotopic (exact) mass is 337 g/mol. The Bertz CT molecular complexity index is 743. The number of likely N-dealkylation sites (tertiary alicyclic amines) is 1. The van der Waals surface area contributed by atoms with E-state index < -0.39 is 0 Å². The largest absolute Gasteiger partial charge is 0.448 e. The molecule has 1 aliphatic carbocycles. The van der Waals surface area contributed by atoms with Gasteiger partial charge in [0, 0.05) is 18.5 Å². The van der Waals surface area contributed by atoms with Crippen LogP contribution in [0, 0.1) is 0 Å². The zero-order valence-corrected chi connectivity index (χ0v) is 14.4. The van der Waals surface area contributed by atoms with Crippen molar-refractivity contribution in [2.75, 3.05) is 13.2 Å². The van der Waals surface area contributed by atoms with Crippen LogP contribution in [0.1, 0.15) is 36.8 Å². The first-order valence-corrected chi connectivity index (χ1v) is 8.95. The Morgan fingerprint density at radius 2 is 1.72 bits per heavy atom. The molecule has 1 saturated heterocycles. The second-order valence-electron chi connectivity index (χ2n) is 7.02. The summed E-state index contributed by atoms with van der Waals surface area (Å²) in [4.78, 5) is 14.3. The van der Waals surface area contributed by atoms with Gasteiger partial charge in [0.05, 0.1) is 6.10 Å². The number of aliphatic hydroxyl groups is 1. The molecule has 2 aromatic carbocycles. The van der Waals surface area contributed by atoms with Crippen LogP contribution in [0.15, 0.2) is 48.5 Å². The van der Waals surface area contributed by atoms with Crippen molar-refractivity contribution in [1.82, 2.24) is 4.90 Å². The van der Waals surface area contributed by atoms with E-state index in [2.05, 4.69) is 24.3 Å². The minimum Gasteiger partial charge on any atom is -0.448 e. The minimum atomic E-state index is -0.312. The third kappa shape index (κ3) is 2.91. The van der Waals surface area contributed by atoms with Gasteiger partial charge in [0.25, 0.3) is 0 Å². The molecule has 2 aliphatic rings. The van der Waals surface area contributed by atoms with Crippen molar-refractivity contribution in [3.63, 3.8) is 0 Å². The molecule has 4 nitrogen and oxygen atoms in total.